The topological polar surface area (TPSA) is 75.2 Å². The number of nitrogen functional groups attached to an aromatic ring is 1. The van der Waals surface area contributed by atoms with Crippen LogP contribution < -0.4 is 10.5 Å². The van der Waals surface area contributed by atoms with Gasteiger partial charge in [0.2, 0.25) is 0 Å². The SMILES string of the molecule is CN1CCC(Oc2c(C(=N)N)cnc3ccccc23)CC1. The van der Waals surface area contributed by atoms with Crippen LogP contribution in [0.1, 0.15) is 18.4 Å². The van der Waals surface area contributed by atoms with E-state index in [2.05, 4.69) is 16.9 Å². The molecular weight excluding hydrogens is 264 g/mol. The molecule has 0 spiro atoms. The number of pyridine rings is 1. The van der Waals surface area contributed by atoms with Crippen molar-refractivity contribution in [3.05, 3.63) is 36.0 Å². The Morgan fingerprint density at radius 2 is 2.05 bits per heavy atom. The average Bonchev–Trinajstić information content (AvgIpc) is 2.49. The van der Waals surface area contributed by atoms with Gasteiger partial charge in [-0.2, -0.15) is 0 Å². The van der Waals surface area contributed by atoms with E-state index in [1.807, 2.05) is 24.3 Å². The van der Waals surface area contributed by atoms with E-state index in [1.54, 1.807) is 6.20 Å². The maximum Gasteiger partial charge on any atom is 0.141 e. The van der Waals surface area contributed by atoms with E-state index in [1.165, 1.54) is 0 Å². The number of nitrogens with one attached hydrogen (secondary N) is 1. The number of benzene rings is 1. The van der Waals surface area contributed by atoms with E-state index in [0.717, 1.165) is 36.8 Å². The summed E-state index contributed by atoms with van der Waals surface area (Å²) in [4.78, 5) is 6.66. The van der Waals surface area contributed by atoms with E-state index in [0.29, 0.717) is 11.3 Å². The molecule has 0 unspecified atom stereocenters. The molecule has 1 aliphatic heterocycles. The first-order valence-electron chi connectivity index (χ1n) is 7.22. The van der Waals surface area contributed by atoms with Crippen molar-refractivity contribution >= 4 is 16.7 Å². The highest BCUT2D eigenvalue weighted by atomic mass is 16.5. The summed E-state index contributed by atoms with van der Waals surface area (Å²) in [6.45, 7) is 2.06. The maximum absolute atomic E-state index is 7.75. The maximum atomic E-state index is 7.75. The molecule has 0 amide bonds. The fourth-order valence-corrected chi connectivity index (χ4v) is 2.70. The van der Waals surface area contributed by atoms with Crippen molar-refractivity contribution in [2.45, 2.75) is 18.9 Å². The molecule has 3 rings (SSSR count). The second-order valence-corrected chi connectivity index (χ2v) is 5.55. The van der Waals surface area contributed by atoms with Gasteiger partial charge in [-0.3, -0.25) is 10.4 Å². The lowest BCUT2D eigenvalue weighted by molar-refractivity contribution is 0.115. The van der Waals surface area contributed by atoms with Crippen molar-refractivity contribution in [2.24, 2.45) is 5.73 Å². The van der Waals surface area contributed by atoms with Crippen LogP contribution in [0.2, 0.25) is 0 Å². The van der Waals surface area contributed by atoms with Gasteiger partial charge in [0.25, 0.3) is 0 Å². The first-order valence-corrected chi connectivity index (χ1v) is 7.22. The summed E-state index contributed by atoms with van der Waals surface area (Å²) in [7, 11) is 2.12. The first kappa shape index (κ1) is 13.8. The molecule has 2 aromatic rings. The molecule has 1 aromatic heterocycles. The Kier molecular flexibility index (Phi) is 3.75. The van der Waals surface area contributed by atoms with Gasteiger partial charge in [0.1, 0.15) is 17.7 Å². The number of nitrogens with zero attached hydrogens (tertiary/aromatic N) is 2. The molecule has 1 saturated heterocycles. The Morgan fingerprint density at radius 3 is 2.76 bits per heavy atom. The highest BCUT2D eigenvalue weighted by Gasteiger charge is 2.21. The molecule has 1 aromatic carbocycles. The Morgan fingerprint density at radius 1 is 1.33 bits per heavy atom. The van der Waals surface area contributed by atoms with E-state index >= 15 is 0 Å². The molecule has 1 fully saturated rings. The summed E-state index contributed by atoms with van der Waals surface area (Å²) in [5.74, 6) is 0.693. The Labute approximate surface area is 124 Å². The number of piperidine rings is 1. The quantitative estimate of drug-likeness (QED) is 0.667. The lowest BCUT2D eigenvalue weighted by Crippen LogP contribution is -2.36. The van der Waals surface area contributed by atoms with Crippen LogP contribution in [0, 0.1) is 5.41 Å². The summed E-state index contributed by atoms with van der Waals surface area (Å²) in [5.41, 5.74) is 7.13. The molecule has 110 valence electrons. The minimum atomic E-state index is -0.00354. The molecule has 3 N–H and O–H groups in total. The molecule has 0 aliphatic carbocycles. The van der Waals surface area contributed by atoms with Crippen molar-refractivity contribution in [3.8, 4) is 5.75 Å². The summed E-state index contributed by atoms with van der Waals surface area (Å²) in [5, 5.41) is 8.67. The van der Waals surface area contributed by atoms with Crippen molar-refractivity contribution in [3.63, 3.8) is 0 Å². The van der Waals surface area contributed by atoms with Crippen molar-refractivity contribution < 1.29 is 4.74 Å². The summed E-state index contributed by atoms with van der Waals surface area (Å²) in [6, 6.07) is 7.82. The van der Waals surface area contributed by atoms with Gasteiger partial charge in [-0.1, -0.05) is 12.1 Å². The number of rotatable bonds is 3. The molecule has 1 aliphatic rings. The molecule has 5 nitrogen and oxygen atoms in total. The van der Waals surface area contributed by atoms with Crippen LogP contribution in [0.15, 0.2) is 30.5 Å². The molecular formula is C16H20N4O. The zero-order chi connectivity index (χ0) is 14.8. The predicted molar refractivity (Wildman–Crippen MR) is 83.9 cm³/mol. The normalized spacial score (nSPS) is 17.0. The van der Waals surface area contributed by atoms with Crippen LogP contribution in [0.25, 0.3) is 10.9 Å². The molecule has 0 atom stereocenters. The van der Waals surface area contributed by atoms with Crippen LogP contribution in [-0.2, 0) is 0 Å². The Bertz CT molecular complexity index is 662. The van der Waals surface area contributed by atoms with Crippen molar-refractivity contribution in [1.82, 2.24) is 9.88 Å². The minimum absolute atomic E-state index is 0.00354. The first-order chi connectivity index (χ1) is 10.1. The minimum Gasteiger partial charge on any atom is -0.489 e. The predicted octanol–water partition coefficient (Wildman–Crippen LogP) is 1.99. The van der Waals surface area contributed by atoms with Gasteiger partial charge in [-0.05, 0) is 32.0 Å². The van der Waals surface area contributed by atoms with Gasteiger partial charge in [0.15, 0.2) is 0 Å². The standard InChI is InChI=1S/C16H20N4O/c1-20-8-6-11(7-9-20)21-15-12-4-2-3-5-14(12)19-10-13(15)16(17)18/h2-5,10-11H,6-9H2,1H3,(H3,17,18). The van der Waals surface area contributed by atoms with E-state index in [9.17, 15) is 0 Å². The monoisotopic (exact) mass is 284 g/mol. The molecule has 0 saturated carbocycles. The zero-order valence-electron chi connectivity index (χ0n) is 12.2. The van der Waals surface area contributed by atoms with E-state index in [-0.39, 0.29) is 11.9 Å². The molecule has 0 radical (unpaired) electrons. The summed E-state index contributed by atoms with van der Waals surface area (Å²) < 4.78 is 6.22. The second-order valence-electron chi connectivity index (χ2n) is 5.55. The van der Waals surface area contributed by atoms with Crippen LogP contribution in [0.3, 0.4) is 0 Å². The van der Waals surface area contributed by atoms with Gasteiger partial charge >= 0.3 is 0 Å². The molecule has 0 bridgehead atoms. The number of hydrogen-bond acceptors (Lipinski definition) is 4. The lowest BCUT2D eigenvalue weighted by atomic mass is 10.1. The summed E-state index contributed by atoms with van der Waals surface area (Å²) in [6.07, 6.45) is 3.79. The number of hydrogen-bond donors (Lipinski definition) is 2. The van der Waals surface area contributed by atoms with Crippen molar-refractivity contribution in [1.29, 1.82) is 5.41 Å². The van der Waals surface area contributed by atoms with Crippen LogP contribution in [-0.4, -0.2) is 42.0 Å². The number of para-hydroxylation sites is 1. The third-order valence-electron chi connectivity index (χ3n) is 3.97. The second kappa shape index (κ2) is 5.69. The highest BCUT2D eigenvalue weighted by Crippen LogP contribution is 2.30. The third-order valence-corrected chi connectivity index (χ3v) is 3.97. The van der Waals surface area contributed by atoms with Gasteiger partial charge in [-0.15, -0.1) is 0 Å². The zero-order valence-corrected chi connectivity index (χ0v) is 12.2. The fraction of sp³-hybridized carbons (Fsp3) is 0.375. The number of fused-ring (bicyclic) bond motifs is 1. The third kappa shape index (κ3) is 2.83. The molecule has 2 heterocycles. The largest absolute Gasteiger partial charge is 0.489 e. The van der Waals surface area contributed by atoms with Crippen LogP contribution >= 0.6 is 0 Å². The smallest absolute Gasteiger partial charge is 0.141 e. The lowest BCUT2D eigenvalue weighted by Gasteiger charge is -2.30. The number of nitrogens with two attached hydrogens (primary N) is 1. The number of aromatic nitrogens is 1. The van der Waals surface area contributed by atoms with Crippen LogP contribution in [0.5, 0.6) is 5.75 Å². The van der Waals surface area contributed by atoms with Crippen molar-refractivity contribution in [2.75, 3.05) is 20.1 Å². The van der Waals surface area contributed by atoms with Gasteiger partial charge < -0.3 is 15.4 Å². The Balaban J connectivity index is 1.98. The fourth-order valence-electron chi connectivity index (χ4n) is 2.70. The van der Waals surface area contributed by atoms with Gasteiger partial charge in [-0.25, -0.2) is 0 Å². The Hall–Kier alpha value is -2.14. The van der Waals surface area contributed by atoms with Crippen LogP contribution in [0.4, 0.5) is 0 Å². The van der Waals surface area contributed by atoms with E-state index < -0.39 is 0 Å². The highest BCUT2D eigenvalue weighted by molar-refractivity contribution is 6.02. The van der Waals surface area contributed by atoms with Gasteiger partial charge in [0.05, 0.1) is 11.1 Å². The number of ether oxygens (including phenoxy) is 1. The number of likely N-dealkylation sites (tertiary alicyclic amines) is 1. The molecule has 5 heteroatoms. The average molecular weight is 284 g/mol. The van der Waals surface area contributed by atoms with Gasteiger partial charge in [0, 0.05) is 24.7 Å². The number of amidine groups is 1. The summed E-state index contributed by atoms with van der Waals surface area (Å²) >= 11 is 0. The molecule has 21 heavy (non-hydrogen) atoms. The van der Waals surface area contributed by atoms with E-state index in [4.69, 9.17) is 15.9 Å².